The van der Waals surface area contributed by atoms with Crippen LogP contribution in [0.3, 0.4) is 0 Å². The molecule has 19 heavy (non-hydrogen) atoms. The van der Waals surface area contributed by atoms with Crippen molar-refractivity contribution >= 4 is 5.96 Å². The van der Waals surface area contributed by atoms with Gasteiger partial charge < -0.3 is 9.80 Å². The highest BCUT2D eigenvalue weighted by molar-refractivity contribution is 5.79. The lowest BCUT2D eigenvalue weighted by molar-refractivity contribution is -0.183. The lowest BCUT2D eigenvalue weighted by Crippen LogP contribution is -2.36. The van der Waals surface area contributed by atoms with Crippen molar-refractivity contribution in [1.29, 1.82) is 0 Å². The van der Waals surface area contributed by atoms with Crippen molar-refractivity contribution in [2.45, 2.75) is 31.9 Å². The maximum Gasteiger partial charge on any atom is 0.391 e. The van der Waals surface area contributed by atoms with Crippen molar-refractivity contribution in [2.75, 3.05) is 34.7 Å². The van der Waals surface area contributed by atoms with Crippen LogP contribution in [0.15, 0.2) is 4.99 Å². The van der Waals surface area contributed by atoms with Gasteiger partial charge in [-0.2, -0.15) is 13.2 Å². The molecule has 0 aliphatic heterocycles. The summed E-state index contributed by atoms with van der Waals surface area (Å²) in [6.45, 7) is 0.621. The van der Waals surface area contributed by atoms with Crippen molar-refractivity contribution in [3.8, 4) is 0 Å². The third-order valence-corrected chi connectivity index (χ3v) is 3.60. The third kappa shape index (κ3) is 4.91. The molecular formula is C13H24F3N3. The molecule has 0 spiro atoms. The smallest absolute Gasteiger partial charge is 0.349 e. The van der Waals surface area contributed by atoms with Crippen molar-refractivity contribution in [2.24, 2.45) is 16.8 Å². The summed E-state index contributed by atoms with van der Waals surface area (Å²) in [7, 11) is 7.66. The van der Waals surface area contributed by atoms with E-state index in [1.807, 2.05) is 38.0 Å². The highest BCUT2D eigenvalue weighted by Crippen LogP contribution is 2.39. The number of rotatable bonds is 2. The van der Waals surface area contributed by atoms with E-state index in [1.54, 1.807) is 0 Å². The van der Waals surface area contributed by atoms with Crippen LogP contribution in [0.2, 0.25) is 0 Å². The quantitative estimate of drug-likeness (QED) is 0.572. The Kier molecular flexibility index (Phi) is 5.50. The standard InChI is InChI=1S/C13H24F3N3/c1-18(2)12(19(3)4)17-9-10-5-7-11(8-6-10)13(14,15)16/h10-11H,5-9H2,1-4H3. The van der Waals surface area contributed by atoms with Gasteiger partial charge in [-0.1, -0.05) is 0 Å². The van der Waals surface area contributed by atoms with Crippen LogP contribution < -0.4 is 0 Å². The summed E-state index contributed by atoms with van der Waals surface area (Å²) in [5.74, 6) is 0.0429. The van der Waals surface area contributed by atoms with Gasteiger partial charge in [0.25, 0.3) is 0 Å². The Bertz CT molecular complexity index is 293. The van der Waals surface area contributed by atoms with Gasteiger partial charge in [0.05, 0.1) is 5.92 Å². The maximum absolute atomic E-state index is 12.6. The van der Waals surface area contributed by atoms with E-state index in [0.717, 1.165) is 5.96 Å². The molecule has 0 N–H and O–H groups in total. The minimum atomic E-state index is -4.02. The monoisotopic (exact) mass is 279 g/mol. The van der Waals surface area contributed by atoms with Crippen LogP contribution in [0.4, 0.5) is 13.2 Å². The Balaban J connectivity index is 2.47. The summed E-state index contributed by atoms with van der Waals surface area (Å²) in [6, 6.07) is 0. The highest BCUT2D eigenvalue weighted by atomic mass is 19.4. The normalized spacial score (nSPS) is 23.9. The molecule has 0 bridgehead atoms. The molecule has 0 radical (unpaired) electrons. The lowest BCUT2D eigenvalue weighted by atomic mass is 9.82. The summed E-state index contributed by atoms with van der Waals surface area (Å²) in [5.41, 5.74) is 0. The molecule has 1 fully saturated rings. The van der Waals surface area contributed by atoms with E-state index in [4.69, 9.17) is 0 Å². The summed E-state index contributed by atoms with van der Waals surface area (Å²) in [5, 5.41) is 0. The van der Waals surface area contributed by atoms with E-state index in [9.17, 15) is 13.2 Å². The van der Waals surface area contributed by atoms with E-state index in [2.05, 4.69) is 4.99 Å². The molecule has 3 nitrogen and oxygen atoms in total. The summed E-state index contributed by atoms with van der Waals surface area (Å²) < 4.78 is 37.7. The van der Waals surface area contributed by atoms with Crippen LogP contribution in [-0.4, -0.2) is 56.7 Å². The zero-order chi connectivity index (χ0) is 14.6. The Morgan fingerprint density at radius 2 is 1.47 bits per heavy atom. The Labute approximate surface area is 113 Å². The Hall–Kier alpha value is -0.940. The molecule has 0 aromatic carbocycles. The van der Waals surface area contributed by atoms with Gasteiger partial charge in [0.1, 0.15) is 0 Å². The highest BCUT2D eigenvalue weighted by Gasteiger charge is 2.41. The molecule has 1 aliphatic carbocycles. The van der Waals surface area contributed by atoms with Crippen LogP contribution in [-0.2, 0) is 0 Å². The summed E-state index contributed by atoms with van der Waals surface area (Å²) >= 11 is 0. The second-order valence-electron chi connectivity index (χ2n) is 5.69. The predicted molar refractivity (Wildman–Crippen MR) is 71.2 cm³/mol. The summed E-state index contributed by atoms with van der Waals surface area (Å²) in [4.78, 5) is 8.36. The average molecular weight is 279 g/mol. The molecule has 0 heterocycles. The maximum atomic E-state index is 12.6. The largest absolute Gasteiger partial charge is 0.391 e. The first-order valence-corrected chi connectivity index (χ1v) is 6.67. The van der Waals surface area contributed by atoms with Crippen LogP contribution in [0, 0.1) is 11.8 Å². The molecule has 1 saturated carbocycles. The molecule has 0 saturated heterocycles. The number of hydrogen-bond acceptors (Lipinski definition) is 1. The van der Waals surface area contributed by atoms with Gasteiger partial charge in [-0.15, -0.1) is 0 Å². The third-order valence-electron chi connectivity index (χ3n) is 3.60. The van der Waals surface area contributed by atoms with Gasteiger partial charge in [0.2, 0.25) is 0 Å². The molecule has 0 unspecified atom stereocenters. The molecule has 0 atom stereocenters. The zero-order valence-corrected chi connectivity index (χ0v) is 12.2. The SMILES string of the molecule is CN(C)C(=NCC1CCC(C(F)(F)F)CC1)N(C)C. The van der Waals surface area contributed by atoms with E-state index >= 15 is 0 Å². The van der Waals surface area contributed by atoms with Gasteiger partial charge in [0, 0.05) is 34.7 Å². The molecule has 6 heteroatoms. The molecule has 0 amide bonds. The Morgan fingerprint density at radius 3 is 1.84 bits per heavy atom. The van der Waals surface area contributed by atoms with Gasteiger partial charge in [-0.25, -0.2) is 0 Å². The topological polar surface area (TPSA) is 18.8 Å². The first-order chi connectivity index (χ1) is 8.71. The summed E-state index contributed by atoms with van der Waals surface area (Å²) in [6.07, 6.45) is -2.26. The Morgan fingerprint density at radius 1 is 1.00 bits per heavy atom. The first-order valence-electron chi connectivity index (χ1n) is 6.67. The van der Waals surface area contributed by atoms with Crippen LogP contribution in [0.1, 0.15) is 25.7 Å². The van der Waals surface area contributed by atoms with Gasteiger partial charge in [-0.05, 0) is 31.6 Å². The number of guanidine groups is 1. The number of halogens is 3. The van der Waals surface area contributed by atoms with E-state index in [0.29, 0.717) is 19.4 Å². The molecule has 112 valence electrons. The van der Waals surface area contributed by atoms with Crippen molar-refractivity contribution in [3.63, 3.8) is 0 Å². The minimum Gasteiger partial charge on any atom is -0.349 e. The zero-order valence-electron chi connectivity index (χ0n) is 12.2. The van der Waals surface area contributed by atoms with Crippen LogP contribution in [0.5, 0.6) is 0 Å². The fraction of sp³-hybridized carbons (Fsp3) is 0.923. The average Bonchev–Trinajstić information content (AvgIpc) is 2.27. The molecule has 1 rings (SSSR count). The molecule has 0 aromatic heterocycles. The second-order valence-corrected chi connectivity index (χ2v) is 5.69. The van der Waals surface area contributed by atoms with E-state index < -0.39 is 12.1 Å². The number of aliphatic imine (C=N–C) groups is 1. The fourth-order valence-corrected chi connectivity index (χ4v) is 2.57. The lowest BCUT2D eigenvalue weighted by Gasteiger charge is -2.30. The second kappa shape index (κ2) is 6.48. The molecule has 1 aliphatic rings. The van der Waals surface area contributed by atoms with E-state index in [-0.39, 0.29) is 18.8 Å². The number of hydrogen-bond donors (Lipinski definition) is 0. The number of alkyl halides is 3. The van der Waals surface area contributed by atoms with E-state index in [1.165, 1.54) is 0 Å². The minimum absolute atomic E-state index is 0.253. The predicted octanol–water partition coefficient (Wildman–Crippen LogP) is 2.83. The molecular weight excluding hydrogens is 255 g/mol. The fourth-order valence-electron chi connectivity index (χ4n) is 2.57. The first kappa shape index (κ1) is 16.1. The van der Waals surface area contributed by atoms with Gasteiger partial charge in [0.15, 0.2) is 5.96 Å². The van der Waals surface area contributed by atoms with Crippen LogP contribution >= 0.6 is 0 Å². The van der Waals surface area contributed by atoms with Crippen molar-refractivity contribution < 1.29 is 13.2 Å². The van der Waals surface area contributed by atoms with Crippen LogP contribution in [0.25, 0.3) is 0 Å². The molecule has 0 aromatic rings. The van der Waals surface area contributed by atoms with Gasteiger partial charge in [-0.3, -0.25) is 4.99 Å². The van der Waals surface area contributed by atoms with Crippen molar-refractivity contribution in [1.82, 2.24) is 9.80 Å². The van der Waals surface area contributed by atoms with Gasteiger partial charge >= 0.3 is 6.18 Å². The van der Waals surface area contributed by atoms with Crippen molar-refractivity contribution in [3.05, 3.63) is 0 Å². The number of nitrogens with zero attached hydrogens (tertiary/aromatic N) is 3.